The van der Waals surface area contributed by atoms with Crippen molar-refractivity contribution in [2.24, 2.45) is 0 Å². The van der Waals surface area contributed by atoms with E-state index in [4.69, 9.17) is 0 Å². The normalized spacial score (nSPS) is 12.0. The lowest BCUT2D eigenvalue weighted by molar-refractivity contribution is 0.174. The van der Waals surface area contributed by atoms with Gasteiger partial charge in [0.1, 0.15) is 5.75 Å². The quantitative estimate of drug-likeness (QED) is 0.345. The third-order valence-electron chi connectivity index (χ3n) is 5.34. The van der Waals surface area contributed by atoms with E-state index in [0.717, 1.165) is 24.3 Å². The summed E-state index contributed by atoms with van der Waals surface area (Å²) in [7, 11) is 0. The Balaban J connectivity index is 1.45. The number of hydrogen-bond acceptors (Lipinski definition) is 5. The third-order valence-corrected chi connectivity index (χ3v) is 5.34. The van der Waals surface area contributed by atoms with Crippen LogP contribution < -0.4 is 10.6 Å². The monoisotopic (exact) mass is 406 g/mol. The topological polar surface area (TPSA) is 84.8 Å². The summed E-state index contributed by atoms with van der Waals surface area (Å²) in [6.45, 7) is 5.11. The Morgan fingerprint density at radius 2 is 1.60 bits per heavy atom. The Kier molecular flexibility index (Phi) is 7.46. The molecule has 3 aromatic carbocycles. The van der Waals surface area contributed by atoms with E-state index in [2.05, 4.69) is 66.9 Å². The minimum absolute atomic E-state index is 0.0388. The lowest BCUT2D eigenvalue weighted by atomic mass is 10.1. The van der Waals surface area contributed by atoms with E-state index in [1.807, 2.05) is 0 Å². The van der Waals surface area contributed by atoms with Crippen LogP contribution >= 0.6 is 0 Å². The van der Waals surface area contributed by atoms with Gasteiger partial charge in [0.05, 0.1) is 12.7 Å². The molecule has 30 heavy (non-hydrogen) atoms. The van der Waals surface area contributed by atoms with Gasteiger partial charge in [0.15, 0.2) is 0 Å². The third kappa shape index (κ3) is 5.83. The number of hydrogen-bond donors (Lipinski definition) is 5. The van der Waals surface area contributed by atoms with Gasteiger partial charge in [0.2, 0.25) is 0 Å². The molecule has 1 atom stereocenters. The number of aliphatic hydroxyl groups is 2. The van der Waals surface area contributed by atoms with Crippen LogP contribution in [0, 0.1) is 13.8 Å². The number of rotatable bonds is 9. The first kappa shape index (κ1) is 21.8. The predicted molar refractivity (Wildman–Crippen MR) is 121 cm³/mol. The van der Waals surface area contributed by atoms with Crippen molar-refractivity contribution in [3.8, 4) is 5.75 Å². The molecule has 3 rings (SSSR count). The highest BCUT2D eigenvalue weighted by atomic mass is 16.3. The highest BCUT2D eigenvalue weighted by molar-refractivity contribution is 5.61. The molecule has 158 valence electrons. The van der Waals surface area contributed by atoms with Crippen molar-refractivity contribution in [1.82, 2.24) is 5.32 Å². The maximum absolute atomic E-state index is 10.3. The molecule has 3 aromatic rings. The Bertz CT molecular complexity index is 971. The molecule has 0 aliphatic rings. The second-order valence-electron chi connectivity index (χ2n) is 7.64. The summed E-state index contributed by atoms with van der Waals surface area (Å²) in [6.07, 6.45) is 0.161. The lowest BCUT2D eigenvalue weighted by Gasteiger charge is -2.14. The summed E-state index contributed by atoms with van der Waals surface area (Å²) in [5.74, 6) is 0.0388. The Morgan fingerprint density at radius 1 is 0.867 bits per heavy atom. The molecule has 0 aliphatic heterocycles. The largest absolute Gasteiger partial charge is 0.508 e. The van der Waals surface area contributed by atoms with Crippen molar-refractivity contribution in [2.75, 3.05) is 18.4 Å². The molecule has 0 aromatic heterocycles. The molecular weight excluding hydrogens is 376 g/mol. The highest BCUT2D eigenvalue weighted by Gasteiger charge is 2.10. The van der Waals surface area contributed by atoms with Crippen LogP contribution in [0.3, 0.4) is 0 Å². The molecule has 5 heteroatoms. The summed E-state index contributed by atoms with van der Waals surface area (Å²) in [4.78, 5) is 0. The van der Waals surface area contributed by atoms with Crippen LogP contribution in [0.5, 0.6) is 5.75 Å². The SMILES string of the molecule is Cc1ccc(Nc2ccc(CCNCC(O)c3ccc(O)c(CO)c3)cc2)cc1C. The first-order valence-electron chi connectivity index (χ1n) is 10.2. The minimum atomic E-state index is -0.694. The van der Waals surface area contributed by atoms with Gasteiger partial charge in [-0.1, -0.05) is 24.3 Å². The molecule has 0 aliphatic carbocycles. The number of aliphatic hydroxyl groups excluding tert-OH is 2. The molecule has 0 radical (unpaired) electrons. The smallest absolute Gasteiger partial charge is 0.121 e. The van der Waals surface area contributed by atoms with E-state index in [-0.39, 0.29) is 12.4 Å². The number of phenols is 1. The fraction of sp³-hybridized carbons (Fsp3) is 0.280. The maximum atomic E-state index is 10.3. The van der Waals surface area contributed by atoms with E-state index < -0.39 is 6.10 Å². The van der Waals surface area contributed by atoms with Gasteiger partial charge < -0.3 is 26.0 Å². The van der Waals surface area contributed by atoms with Crippen LogP contribution in [0.15, 0.2) is 60.7 Å². The minimum Gasteiger partial charge on any atom is -0.508 e. The van der Waals surface area contributed by atoms with Gasteiger partial charge in [-0.25, -0.2) is 0 Å². The van der Waals surface area contributed by atoms with E-state index in [1.54, 1.807) is 12.1 Å². The summed E-state index contributed by atoms with van der Waals surface area (Å²) >= 11 is 0. The molecule has 0 fully saturated rings. The number of aromatic hydroxyl groups is 1. The average Bonchev–Trinajstić information content (AvgIpc) is 2.75. The van der Waals surface area contributed by atoms with E-state index >= 15 is 0 Å². The van der Waals surface area contributed by atoms with Gasteiger partial charge in [-0.15, -0.1) is 0 Å². The van der Waals surface area contributed by atoms with Crippen molar-refractivity contribution < 1.29 is 15.3 Å². The van der Waals surface area contributed by atoms with E-state index in [0.29, 0.717) is 17.7 Å². The zero-order chi connectivity index (χ0) is 21.5. The van der Waals surface area contributed by atoms with Gasteiger partial charge in [-0.2, -0.15) is 0 Å². The predicted octanol–water partition coefficient (Wildman–Crippen LogP) is 4.11. The summed E-state index contributed by atoms with van der Waals surface area (Å²) < 4.78 is 0. The van der Waals surface area contributed by atoms with Crippen LogP contribution in [0.25, 0.3) is 0 Å². The van der Waals surface area contributed by atoms with Gasteiger partial charge >= 0.3 is 0 Å². The Labute approximate surface area is 178 Å². The molecular formula is C25H30N2O3. The van der Waals surface area contributed by atoms with Crippen LogP contribution in [-0.2, 0) is 13.0 Å². The zero-order valence-corrected chi connectivity index (χ0v) is 17.5. The van der Waals surface area contributed by atoms with Crippen molar-refractivity contribution in [3.05, 3.63) is 88.5 Å². The van der Waals surface area contributed by atoms with Crippen LogP contribution in [0.4, 0.5) is 11.4 Å². The van der Waals surface area contributed by atoms with Crippen molar-refractivity contribution in [1.29, 1.82) is 0 Å². The van der Waals surface area contributed by atoms with Gasteiger partial charge in [0.25, 0.3) is 0 Å². The lowest BCUT2D eigenvalue weighted by Crippen LogP contribution is -2.23. The Hall–Kier alpha value is -2.86. The van der Waals surface area contributed by atoms with Crippen LogP contribution in [-0.4, -0.2) is 28.4 Å². The van der Waals surface area contributed by atoms with Gasteiger partial charge in [-0.3, -0.25) is 0 Å². The molecule has 5 nitrogen and oxygen atoms in total. The molecule has 0 saturated carbocycles. The second-order valence-corrected chi connectivity index (χ2v) is 7.64. The van der Waals surface area contributed by atoms with Crippen LogP contribution in [0.2, 0.25) is 0 Å². The van der Waals surface area contributed by atoms with E-state index in [1.165, 1.54) is 22.8 Å². The first-order valence-corrected chi connectivity index (χ1v) is 10.2. The summed E-state index contributed by atoms with van der Waals surface area (Å²) in [5, 5.41) is 35.8. The molecule has 5 N–H and O–H groups in total. The number of anilines is 2. The number of nitrogens with one attached hydrogen (secondary N) is 2. The van der Waals surface area contributed by atoms with E-state index in [9.17, 15) is 15.3 Å². The number of benzene rings is 3. The van der Waals surface area contributed by atoms with Crippen molar-refractivity contribution in [2.45, 2.75) is 33.0 Å². The van der Waals surface area contributed by atoms with Crippen molar-refractivity contribution in [3.63, 3.8) is 0 Å². The van der Waals surface area contributed by atoms with Gasteiger partial charge in [-0.05, 0) is 85.5 Å². The number of aryl methyl sites for hydroxylation is 2. The van der Waals surface area contributed by atoms with Crippen LogP contribution in [0.1, 0.15) is 33.9 Å². The summed E-state index contributed by atoms with van der Waals surface area (Å²) in [6, 6.07) is 19.5. The highest BCUT2D eigenvalue weighted by Crippen LogP contribution is 2.22. The molecule has 1 unspecified atom stereocenters. The molecule has 0 bridgehead atoms. The fourth-order valence-corrected chi connectivity index (χ4v) is 3.27. The first-order chi connectivity index (χ1) is 14.5. The average molecular weight is 407 g/mol. The molecule has 0 spiro atoms. The molecule has 0 amide bonds. The maximum Gasteiger partial charge on any atom is 0.121 e. The standard InChI is InChI=1S/C25H30N2O3/c1-17-3-7-23(13-18(17)2)27-22-8-4-19(5-9-22)11-12-26-15-25(30)20-6-10-24(29)21(14-20)16-28/h3-10,13-14,25-30H,11-12,15-16H2,1-2H3. The van der Waals surface area contributed by atoms with Gasteiger partial charge in [0, 0.05) is 23.5 Å². The summed E-state index contributed by atoms with van der Waals surface area (Å²) in [5.41, 5.74) is 7.00. The Morgan fingerprint density at radius 3 is 2.30 bits per heavy atom. The zero-order valence-electron chi connectivity index (χ0n) is 17.5. The fourth-order valence-electron chi connectivity index (χ4n) is 3.27. The molecule has 0 saturated heterocycles. The second kappa shape index (κ2) is 10.3. The molecule has 0 heterocycles. The van der Waals surface area contributed by atoms with Crippen molar-refractivity contribution >= 4 is 11.4 Å².